The van der Waals surface area contributed by atoms with Crippen LogP contribution in [0.2, 0.25) is 0 Å². The largest absolute Gasteiger partial charge is 0.412 e. The van der Waals surface area contributed by atoms with E-state index in [9.17, 15) is 22.4 Å². The lowest BCUT2D eigenvalue weighted by molar-refractivity contribution is -0.110. The molecule has 2 amide bonds. The van der Waals surface area contributed by atoms with Gasteiger partial charge in [0.05, 0.1) is 22.8 Å². The van der Waals surface area contributed by atoms with Crippen molar-refractivity contribution in [1.29, 1.82) is 0 Å². The van der Waals surface area contributed by atoms with Crippen molar-refractivity contribution >= 4 is 39.2 Å². The lowest BCUT2D eigenvalue weighted by atomic mass is 10.0. The van der Waals surface area contributed by atoms with Crippen molar-refractivity contribution < 1.29 is 27.1 Å². The fourth-order valence-electron chi connectivity index (χ4n) is 3.70. The van der Waals surface area contributed by atoms with E-state index in [0.717, 1.165) is 0 Å². The summed E-state index contributed by atoms with van der Waals surface area (Å²) in [5, 5.41) is 5.25. The molecule has 2 aliphatic heterocycles. The molecule has 3 heterocycles. The van der Waals surface area contributed by atoms with Crippen LogP contribution in [0.1, 0.15) is 28.9 Å². The van der Waals surface area contributed by atoms with Gasteiger partial charge in [-0.1, -0.05) is 0 Å². The second-order valence-corrected chi connectivity index (χ2v) is 9.68. The van der Waals surface area contributed by atoms with E-state index in [4.69, 9.17) is 4.74 Å². The molecule has 2 aliphatic rings. The zero-order chi connectivity index (χ0) is 21.6. The molecule has 1 unspecified atom stereocenters. The maximum Gasteiger partial charge on any atom is 0.412 e. The number of carbonyl (C=O) groups is 2. The SMILES string of the molecule is Cc1[nH]c(/C=C2\C(=O)Nc3ccc(F)cc32)c(C)c1OC(=O)NC1CCS(=O)(=O)C1. The van der Waals surface area contributed by atoms with Crippen molar-refractivity contribution in [2.24, 2.45) is 0 Å². The number of fused-ring (bicyclic) bond motifs is 1. The zero-order valence-corrected chi connectivity index (χ0v) is 17.2. The fraction of sp³-hybridized carbons (Fsp3) is 0.300. The molecule has 3 N–H and O–H groups in total. The number of H-pyrrole nitrogens is 1. The molecular formula is C20H20FN3O5S. The number of amides is 2. The molecule has 4 rings (SSSR count). The van der Waals surface area contributed by atoms with Crippen molar-refractivity contribution in [3.8, 4) is 5.75 Å². The summed E-state index contributed by atoms with van der Waals surface area (Å²) in [6, 6.07) is 3.58. The van der Waals surface area contributed by atoms with Crippen LogP contribution in [0.4, 0.5) is 14.9 Å². The number of aryl methyl sites for hydroxylation is 1. The first-order valence-electron chi connectivity index (χ1n) is 9.34. The summed E-state index contributed by atoms with van der Waals surface area (Å²) < 4.78 is 42.1. The lowest BCUT2D eigenvalue weighted by Crippen LogP contribution is -2.37. The van der Waals surface area contributed by atoms with Crippen molar-refractivity contribution in [2.75, 3.05) is 16.8 Å². The number of hydrogen-bond donors (Lipinski definition) is 3. The highest BCUT2D eigenvalue weighted by Gasteiger charge is 2.30. The molecule has 10 heteroatoms. The second-order valence-electron chi connectivity index (χ2n) is 7.45. The number of carbonyl (C=O) groups excluding carboxylic acids is 2. The van der Waals surface area contributed by atoms with Gasteiger partial charge < -0.3 is 20.4 Å². The summed E-state index contributed by atoms with van der Waals surface area (Å²) in [5.74, 6) is -0.578. The lowest BCUT2D eigenvalue weighted by Gasteiger charge is -2.11. The minimum absolute atomic E-state index is 0.0437. The van der Waals surface area contributed by atoms with Gasteiger partial charge in [0.15, 0.2) is 15.6 Å². The topological polar surface area (TPSA) is 117 Å². The maximum atomic E-state index is 13.6. The number of aromatic nitrogens is 1. The molecule has 0 bridgehead atoms. The average Bonchev–Trinajstić information content (AvgIpc) is 3.25. The normalized spacial score (nSPS) is 20.8. The van der Waals surface area contributed by atoms with Gasteiger partial charge in [0.25, 0.3) is 5.91 Å². The van der Waals surface area contributed by atoms with Crippen molar-refractivity contribution in [3.63, 3.8) is 0 Å². The minimum atomic E-state index is -3.12. The summed E-state index contributed by atoms with van der Waals surface area (Å²) in [6.07, 6.45) is 1.19. The molecule has 1 aromatic carbocycles. The predicted octanol–water partition coefficient (Wildman–Crippen LogP) is 2.54. The summed E-state index contributed by atoms with van der Waals surface area (Å²) in [7, 11) is -3.12. The molecular weight excluding hydrogens is 413 g/mol. The molecule has 2 aromatic rings. The maximum absolute atomic E-state index is 13.6. The molecule has 0 aliphatic carbocycles. The molecule has 158 valence electrons. The Morgan fingerprint density at radius 1 is 1.33 bits per heavy atom. The Morgan fingerprint density at radius 2 is 2.10 bits per heavy atom. The molecule has 1 fully saturated rings. The van der Waals surface area contributed by atoms with Crippen LogP contribution in [-0.4, -0.2) is 42.9 Å². The Balaban J connectivity index is 1.56. The van der Waals surface area contributed by atoms with Gasteiger partial charge >= 0.3 is 6.09 Å². The second kappa shape index (κ2) is 7.28. The molecule has 1 aromatic heterocycles. The van der Waals surface area contributed by atoms with Gasteiger partial charge in [-0.3, -0.25) is 4.79 Å². The number of nitrogens with one attached hydrogen (secondary N) is 3. The quantitative estimate of drug-likeness (QED) is 0.643. The van der Waals surface area contributed by atoms with E-state index in [-0.39, 0.29) is 23.2 Å². The van der Waals surface area contributed by atoms with Gasteiger partial charge in [-0.2, -0.15) is 0 Å². The smallest absolute Gasteiger partial charge is 0.408 e. The highest BCUT2D eigenvalue weighted by Crippen LogP contribution is 2.35. The number of aromatic amines is 1. The van der Waals surface area contributed by atoms with E-state index in [2.05, 4.69) is 15.6 Å². The van der Waals surface area contributed by atoms with Crippen LogP contribution in [0, 0.1) is 19.7 Å². The summed E-state index contributed by atoms with van der Waals surface area (Å²) in [6.45, 7) is 3.43. The highest BCUT2D eigenvalue weighted by molar-refractivity contribution is 7.91. The first-order valence-corrected chi connectivity index (χ1v) is 11.2. The highest BCUT2D eigenvalue weighted by atomic mass is 32.2. The molecule has 0 spiro atoms. The molecule has 8 nitrogen and oxygen atoms in total. The first-order chi connectivity index (χ1) is 14.1. The number of rotatable bonds is 3. The van der Waals surface area contributed by atoms with Crippen molar-refractivity contribution in [1.82, 2.24) is 10.3 Å². The van der Waals surface area contributed by atoms with Gasteiger partial charge in [-0.25, -0.2) is 17.6 Å². The molecule has 0 saturated carbocycles. The van der Waals surface area contributed by atoms with E-state index in [1.807, 2.05) is 0 Å². The number of halogens is 1. The zero-order valence-electron chi connectivity index (χ0n) is 16.3. The van der Waals surface area contributed by atoms with Gasteiger partial charge in [0, 0.05) is 28.6 Å². The molecule has 30 heavy (non-hydrogen) atoms. The van der Waals surface area contributed by atoms with E-state index in [1.165, 1.54) is 18.2 Å². The van der Waals surface area contributed by atoms with E-state index >= 15 is 0 Å². The van der Waals surface area contributed by atoms with Crippen molar-refractivity contribution in [2.45, 2.75) is 26.3 Å². The third-order valence-corrected chi connectivity index (χ3v) is 6.98. The fourth-order valence-corrected chi connectivity index (χ4v) is 5.37. The van der Waals surface area contributed by atoms with Gasteiger partial charge in [-0.15, -0.1) is 0 Å². The first kappa shape index (κ1) is 20.1. The van der Waals surface area contributed by atoms with Crippen LogP contribution in [-0.2, 0) is 14.6 Å². The Morgan fingerprint density at radius 3 is 2.80 bits per heavy atom. The third kappa shape index (κ3) is 3.82. The Bertz CT molecular complexity index is 1200. The van der Waals surface area contributed by atoms with Gasteiger partial charge in [0.1, 0.15) is 5.82 Å². The molecule has 1 atom stereocenters. The van der Waals surface area contributed by atoms with E-state index in [0.29, 0.717) is 40.2 Å². The number of ether oxygens (including phenoxy) is 1. The van der Waals surface area contributed by atoms with E-state index in [1.54, 1.807) is 19.9 Å². The molecule has 0 radical (unpaired) electrons. The van der Waals surface area contributed by atoms with Gasteiger partial charge in [-0.05, 0) is 44.5 Å². The summed E-state index contributed by atoms with van der Waals surface area (Å²) in [4.78, 5) is 27.6. The number of hydrogen-bond acceptors (Lipinski definition) is 5. The van der Waals surface area contributed by atoms with Crippen molar-refractivity contribution in [3.05, 3.63) is 46.5 Å². The van der Waals surface area contributed by atoms with Crippen LogP contribution in [0.5, 0.6) is 5.75 Å². The summed E-state index contributed by atoms with van der Waals surface area (Å²) >= 11 is 0. The number of sulfone groups is 1. The van der Waals surface area contributed by atoms with Crippen LogP contribution in [0.25, 0.3) is 11.6 Å². The van der Waals surface area contributed by atoms with E-state index < -0.39 is 27.8 Å². The standard InChI is InChI=1S/C20H20FN3O5S/c1-10-17(8-15-14-7-12(21)3-4-16(14)24-19(15)25)22-11(2)18(10)29-20(26)23-13-5-6-30(27,28)9-13/h3-4,7-8,13,22H,5-6,9H2,1-2H3,(H,23,26)(H,24,25)/b15-8-. The third-order valence-electron chi connectivity index (χ3n) is 5.21. The summed E-state index contributed by atoms with van der Waals surface area (Å²) in [5.41, 5.74) is 2.96. The van der Waals surface area contributed by atoms with Crippen LogP contribution in [0.3, 0.4) is 0 Å². The van der Waals surface area contributed by atoms with Crippen LogP contribution in [0.15, 0.2) is 18.2 Å². The van der Waals surface area contributed by atoms with Crippen LogP contribution >= 0.6 is 0 Å². The monoisotopic (exact) mass is 433 g/mol. The Labute approximate surface area is 172 Å². The Kier molecular flexibility index (Phi) is 4.89. The number of benzene rings is 1. The average molecular weight is 433 g/mol. The predicted molar refractivity (Wildman–Crippen MR) is 109 cm³/mol. The Hall–Kier alpha value is -3.14. The minimum Gasteiger partial charge on any atom is -0.408 e. The van der Waals surface area contributed by atoms with Crippen LogP contribution < -0.4 is 15.4 Å². The molecule has 1 saturated heterocycles. The number of anilines is 1. The van der Waals surface area contributed by atoms with Gasteiger partial charge in [0.2, 0.25) is 0 Å².